The number of aliphatic carboxylic acids is 1. The third kappa shape index (κ3) is 4.87. The summed E-state index contributed by atoms with van der Waals surface area (Å²) in [6.07, 6.45) is -0.0275. The van der Waals surface area contributed by atoms with Gasteiger partial charge in [0, 0.05) is 10.6 Å². The Morgan fingerprint density at radius 2 is 2.05 bits per heavy atom. The van der Waals surface area contributed by atoms with Gasteiger partial charge in [0.05, 0.1) is 17.9 Å². The quantitative estimate of drug-likeness (QED) is 0.800. The van der Waals surface area contributed by atoms with Gasteiger partial charge in [-0.3, -0.25) is 9.59 Å². The average molecular weight is 322 g/mol. The van der Waals surface area contributed by atoms with Crippen molar-refractivity contribution in [1.29, 1.82) is 0 Å². The molecule has 5 nitrogen and oxygen atoms in total. The van der Waals surface area contributed by atoms with Crippen LogP contribution in [0.1, 0.15) is 10.6 Å². The van der Waals surface area contributed by atoms with Crippen molar-refractivity contribution in [2.45, 2.75) is 17.7 Å². The first-order chi connectivity index (χ1) is 10.0. The molecule has 2 aromatic rings. The number of aryl methyl sites for hydroxylation is 1. The van der Waals surface area contributed by atoms with Crippen LogP contribution in [0, 0.1) is 6.92 Å². The van der Waals surface area contributed by atoms with Crippen LogP contribution >= 0.6 is 23.1 Å². The van der Waals surface area contributed by atoms with Gasteiger partial charge in [-0.25, -0.2) is 4.98 Å². The van der Waals surface area contributed by atoms with Crippen LogP contribution in [-0.4, -0.2) is 27.7 Å². The lowest BCUT2D eigenvalue weighted by atomic mass is 10.3. The maximum absolute atomic E-state index is 11.8. The summed E-state index contributed by atoms with van der Waals surface area (Å²) in [6, 6.07) is 9.23. The van der Waals surface area contributed by atoms with Crippen LogP contribution in [0.5, 0.6) is 0 Å². The summed E-state index contributed by atoms with van der Waals surface area (Å²) in [5.41, 5.74) is 1.47. The predicted molar refractivity (Wildman–Crippen MR) is 84.0 cm³/mol. The lowest BCUT2D eigenvalue weighted by molar-refractivity contribution is -0.136. The Balaban J connectivity index is 1.88. The van der Waals surface area contributed by atoms with Crippen molar-refractivity contribution < 1.29 is 14.7 Å². The zero-order chi connectivity index (χ0) is 15.2. The van der Waals surface area contributed by atoms with Crippen molar-refractivity contribution in [2.75, 3.05) is 11.1 Å². The molecule has 1 heterocycles. The van der Waals surface area contributed by atoms with E-state index in [1.807, 2.05) is 30.3 Å². The second-order valence-electron chi connectivity index (χ2n) is 4.26. The van der Waals surface area contributed by atoms with Gasteiger partial charge in [0.15, 0.2) is 4.34 Å². The van der Waals surface area contributed by atoms with Crippen molar-refractivity contribution in [3.05, 3.63) is 40.9 Å². The Labute approximate surface area is 130 Å². The third-order valence-electron chi connectivity index (χ3n) is 2.57. The van der Waals surface area contributed by atoms with Gasteiger partial charge >= 0.3 is 5.97 Å². The number of benzene rings is 1. The molecule has 0 saturated carbocycles. The van der Waals surface area contributed by atoms with E-state index in [9.17, 15) is 9.59 Å². The van der Waals surface area contributed by atoms with Crippen LogP contribution in [0.4, 0.5) is 5.69 Å². The van der Waals surface area contributed by atoms with Crippen LogP contribution < -0.4 is 5.32 Å². The minimum atomic E-state index is -0.875. The smallest absolute Gasteiger partial charge is 0.308 e. The summed E-state index contributed by atoms with van der Waals surface area (Å²) in [7, 11) is 0. The molecule has 0 unspecified atom stereocenters. The van der Waals surface area contributed by atoms with Crippen LogP contribution in [0.3, 0.4) is 0 Å². The number of rotatable bonds is 6. The highest BCUT2D eigenvalue weighted by atomic mass is 32.2. The highest BCUT2D eigenvalue weighted by Gasteiger charge is 2.12. The molecular formula is C14H14N2O3S2. The molecule has 1 aromatic heterocycles. The number of amides is 1. The molecule has 2 N–H and O–H groups in total. The maximum atomic E-state index is 11.8. The molecule has 110 valence electrons. The van der Waals surface area contributed by atoms with E-state index in [0.29, 0.717) is 10.0 Å². The number of aromatic nitrogens is 1. The molecule has 0 aliphatic heterocycles. The molecule has 7 heteroatoms. The van der Waals surface area contributed by atoms with E-state index in [1.165, 1.54) is 23.1 Å². The Kier molecular flexibility index (Phi) is 5.35. The minimum absolute atomic E-state index is 0.0275. The fourth-order valence-corrected chi connectivity index (χ4v) is 3.64. The Bertz CT molecular complexity index is 641. The van der Waals surface area contributed by atoms with Crippen molar-refractivity contribution in [3.63, 3.8) is 0 Å². The van der Waals surface area contributed by atoms with Gasteiger partial charge in [-0.1, -0.05) is 30.0 Å². The van der Waals surface area contributed by atoms with Gasteiger partial charge in [0.1, 0.15) is 0 Å². The van der Waals surface area contributed by atoms with Gasteiger partial charge in [-0.05, 0) is 19.1 Å². The zero-order valence-corrected chi connectivity index (χ0v) is 13.0. The standard InChI is InChI=1S/C14H14N2O3S2/c1-9-11(7-13(18)19)21-14(15-9)20-8-12(17)16-10-5-3-2-4-6-10/h2-6H,7-8H2,1H3,(H,16,17)(H,18,19). The highest BCUT2D eigenvalue weighted by Crippen LogP contribution is 2.27. The first-order valence-corrected chi connectivity index (χ1v) is 8.00. The van der Waals surface area contributed by atoms with E-state index in [0.717, 1.165) is 10.6 Å². The second-order valence-corrected chi connectivity index (χ2v) is 6.57. The van der Waals surface area contributed by atoms with Gasteiger partial charge in [0.25, 0.3) is 0 Å². The van der Waals surface area contributed by atoms with Crippen LogP contribution in [0.2, 0.25) is 0 Å². The monoisotopic (exact) mass is 322 g/mol. The van der Waals surface area contributed by atoms with Gasteiger partial charge < -0.3 is 10.4 Å². The molecule has 1 amide bonds. The molecule has 0 fully saturated rings. The third-order valence-corrected chi connectivity index (χ3v) is 4.87. The van der Waals surface area contributed by atoms with E-state index < -0.39 is 5.97 Å². The summed E-state index contributed by atoms with van der Waals surface area (Å²) >= 11 is 2.64. The summed E-state index contributed by atoms with van der Waals surface area (Å²) < 4.78 is 0.715. The molecule has 1 aromatic carbocycles. The van der Waals surface area contributed by atoms with Crippen molar-refractivity contribution >= 4 is 40.7 Å². The molecule has 0 spiro atoms. The maximum Gasteiger partial charge on any atom is 0.308 e. The minimum Gasteiger partial charge on any atom is -0.481 e. The summed E-state index contributed by atoms with van der Waals surface area (Å²) in [4.78, 5) is 27.5. The molecule has 0 radical (unpaired) electrons. The number of hydrogen-bond acceptors (Lipinski definition) is 5. The lowest BCUT2D eigenvalue weighted by Crippen LogP contribution is -2.13. The molecule has 0 saturated heterocycles. The number of thiazole rings is 1. The lowest BCUT2D eigenvalue weighted by Gasteiger charge is -2.03. The predicted octanol–water partition coefficient (Wildman–Crippen LogP) is 2.81. The first kappa shape index (κ1) is 15.5. The second kappa shape index (κ2) is 7.24. The number of hydrogen-bond donors (Lipinski definition) is 2. The molecular weight excluding hydrogens is 308 g/mol. The van der Waals surface area contributed by atoms with E-state index in [2.05, 4.69) is 10.3 Å². The summed E-state index contributed by atoms with van der Waals surface area (Å²) in [5, 5.41) is 11.6. The number of para-hydroxylation sites is 1. The first-order valence-electron chi connectivity index (χ1n) is 6.20. The van der Waals surface area contributed by atoms with Gasteiger partial charge in [-0.2, -0.15) is 0 Å². The van der Waals surface area contributed by atoms with E-state index >= 15 is 0 Å². The number of carbonyl (C=O) groups is 2. The largest absolute Gasteiger partial charge is 0.481 e. The van der Waals surface area contributed by atoms with E-state index in [-0.39, 0.29) is 18.1 Å². The molecule has 0 bridgehead atoms. The fraction of sp³-hybridized carbons (Fsp3) is 0.214. The van der Waals surface area contributed by atoms with Crippen LogP contribution in [0.25, 0.3) is 0 Å². The number of nitrogens with one attached hydrogen (secondary N) is 1. The van der Waals surface area contributed by atoms with E-state index in [1.54, 1.807) is 6.92 Å². The normalized spacial score (nSPS) is 10.3. The highest BCUT2D eigenvalue weighted by molar-refractivity contribution is 8.01. The van der Waals surface area contributed by atoms with Crippen LogP contribution in [0.15, 0.2) is 34.7 Å². The fourth-order valence-electron chi connectivity index (χ4n) is 1.61. The van der Waals surface area contributed by atoms with Crippen molar-refractivity contribution in [2.24, 2.45) is 0 Å². The van der Waals surface area contributed by atoms with Gasteiger partial charge in [0.2, 0.25) is 5.91 Å². The topological polar surface area (TPSA) is 79.3 Å². The Morgan fingerprint density at radius 3 is 2.71 bits per heavy atom. The molecule has 0 aliphatic rings. The van der Waals surface area contributed by atoms with Crippen LogP contribution in [-0.2, 0) is 16.0 Å². The summed E-state index contributed by atoms with van der Waals surface area (Å²) in [5.74, 6) is -0.743. The van der Waals surface area contributed by atoms with Crippen molar-refractivity contribution in [3.8, 4) is 0 Å². The number of carboxylic acids is 1. The molecule has 0 aliphatic carbocycles. The summed E-state index contributed by atoms with van der Waals surface area (Å²) in [6.45, 7) is 1.78. The Morgan fingerprint density at radius 1 is 1.33 bits per heavy atom. The number of nitrogens with zero attached hydrogens (tertiary/aromatic N) is 1. The van der Waals surface area contributed by atoms with Gasteiger partial charge in [-0.15, -0.1) is 11.3 Å². The molecule has 0 atom stereocenters. The molecule has 2 rings (SSSR count). The number of anilines is 1. The number of thioether (sulfide) groups is 1. The number of carbonyl (C=O) groups excluding carboxylic acids is 1. The zero-order valence-electron chi connectivity index (χ0n) is 11.3. The molecule has 21 heavy (non-hydrogen) atoms. The SMILES string of the molecule is Cc1nc(SCC(=O)Nc2ccccc2)sc1CC(=O)O. The van der Waals surface area contributed by atoms with Crippen molar-refractivity contribution in [1.82, 2.24) is 4.98 Å². The van der Waals surface area contributed by atoms with E-state index in [4.69, 9.17) is 5.11 Å². The Hall–Kier alpha value is -1.86. The average Bonchev–Trinajstić information content (AvgIpc) is 2.77. The number of carboxylic acid groups (broad SMARTS) is 1.